The zero-order valence-corrected chi connectivity index (χ0v) is 16.2. The van der Waals surface area contributed by atoms with Crippen molar-refractivity contribution in [1.29, 1.82) is 0 Å². The number of benzene rings is 2. The van der Waals surface area contributed by atoms with Crippen LogP contribution in [0.1, 0.15) is 24.0 Å². The van der Waals surface area contributed by atoms with Gasteiger partial charge in [-0.1, -0.05) is 15.9 Å². The number of ether oxygens (including phenoxy) is 1. The summed E-state index contributed by atoms with van der Waals surface area (Å²) >= 11 is 3.53. The van der Waals surface area contributed by atoms with Crippen molar-refractivity contribution in [2.45, 2.75) is 26.7 Å². The van der Waals surface area contributed by atoms with Crippen molar-refractivity contribution in [3.8, 4) is 5.75 Å². The van der Waals surface area contributed by atoms with E-state index in [1.165, 1.54) is 18.5 Å². The van der Waals surface area contributed by atoms with Crippen LogP contribution in [-0.4, -0.2) is 25.6 Å². The molecular weight excluding hydrogens is 380 g/mol. The fourth-order valence-corrected chi connectivity index (χ4v) is 3.30. The molecule has 0 unspecified atom stereocenters. The Morgan fingerprint density at radius 2 is 1.72 bits per heavy atom. The van der Waals surface area contributed by atoms with Gasteiger partial charge >= 0.3 is 0 Å². The standard InChI is InChI=1S/C20H23BrN2O2/c1-14-11-18(12-15(2)20(14)21)25-13-19(24)22-16-5-7-17(8-6-16)23-9-3-4-10-23/h5-8,11-12H,3-4,9-10,13H2,1-2H3,(H,22,24). The lowest BCUT2D eigenvalue weighted by Gasteiger charge is -2.17. The highest BCUT2D eigenvalue weighted by Gasteiger charge is 2.12. The van der Waals surface area contributed by atoms with E-state index in [9.17, 15) is 4.79 Å². The molecule has 1 aliphatic heterocycles. The minimum Gasteiger partial charge on any atom is -0.484 e. The van der Waals surface area contributed by atoms with Crippen LogP contribution < -0.4 is 15.0 Å². The topological polar surface area (TPSA) is 41.6 Å². The average Bonchev–Trinajstić information content (AvgIpc) is 3.13. The highest BCUT2D eigenvalue weighted by atomic mass is 79.9. The highest BCUT2D eigenvalue weighted by molar-refractivity contribution is 9.10. The molecule has 1 aliphatic rings. The number of hydrogen-bond acceptors (Lipinski definition) is 3. The molecule has 0 saturated carbocycles. The van der Waals surface area contributed by atoms with Crippen molar-refractivity contribution in [3.63, 3.8) is 0 Å². The minimum atomic E-state index is -0.160. The number of anilines is 2. The Hall–Kier alpha value is -2.01. The smallest absolute Gasteiger partial charge is 0.262 e. The van der Waals surface area contributed by atoms with E-state index in [1.807, 2.05) is 38.1 Å². The largest absolute Gasteiger partial charge is 0.484 e. The second-order valence-electron chi connectivity index (χ2n) is 6.45. The predicted octanol–water partition coefficient (Wildman–Crippen LogP) is 4.68. The molecule has 2 aromatic carbocycles. The van der Waals surface area contributed by atoms with Gasteiger partial charge in [-0.2, -0.15) is 0 Å². The van der Waals surface area contributed by atoms with Gasteiger partial charge < -0.3 is 15.0 Å². The molecule has 4 nitrogen and oxygen atoms in total. The van der Waals surface area contributed by atoms with Crippen LogP contribution in [0.2, 0.25) is 0 Å². The monoisotopic (exact) mass is 402 g/mol. The number of amides is 1. The fourth-order valence-electron chi connectivity index (χ4n) is 3.07. The number of halogens is 1. The average molecular weight is 403 g/mol. The molecule has 5 heteroatoms. The maximum Gasteiger partial charge on any atom is 0.262 e. The van der Waals surface area contributed by atoms with Crippen LogP contribution in [0.3, 0.4) is 0 Å². The molecule has 0 bridgehead atoms. The van der Waals surface area contributed by atoms with Crippen LogP contribution in [0.15, 0.2) is 40.9 Å². The second-order valence-corrected chi connectivity index (χ2v) is 7.24. The minimum absolute atomic E-state index is 0.00557. The number of nitrogens with one attached hydrogen (secondary N) is 1. The Labute approximate surface area is 157 Å². The summed E-state index contributed by atoms with van der Waals surface area (Å²) in [6.45, 7) is 6.24. The molecule has 0 radical (unpaired) electrons. The molecule has 25 heavy (non-hydrogen) atoms. The predicted molar refractivity (Wildman–Crippen MR) is 106 cm³/mol. The van der Waals surface area contributed by atoms with Crippen LogP contribution in [-0.2, 0) is 4.79 Å². The van der Waals surface area contributed by atoms with E-state index in [4.69, 9.17) is 4.74 Å². The molecule has 0 atom stereocenters. The normalized spacial score (nSPS) is 13.8. The molecule has 1 heterocycles. The Bertz CT molecular complexity index is 730. The summed E-state index contributed by atoms with van der Waals surface area (Å²) in [5.74, 6) is 0.546. The summed E-state index contributed by atoms with van der Waals surface area (Å²) in [6, 6.07) is 11.9. The van der Waals surface area contributed by atoms with E-state index in [2.05, 4.69) is 38.3 Å². The van der Waals surface area contributed by atoms with Gasteiger partial charge in [0, 0.05) is 28.9 Å². The maximum absolute atomic E-state index is 12.1. The van der Waals surface area contributed by atoms with Gasteiger partial charge in [-0.05, 0) is 74.2 Å². The van der Waals surface area contributed by atoms with Gasteiger partial charge in [-0.3, -0.25) is 4.79 Å². The number of hydrogen-bond donors (Lipinski definition) is 1. The van der Waals surface area contributed by atoms with Gasteiger partial charge in [-0.25, -0.2) is 0 Å². The van der Waals surface area contributed by atoms with Gasteiger partial charge in [0.1, 0.15) is 5.75 Å². The lowest BCUT2D eigenvalue weighted by molar-refractivity contribution is -0.118. The van der Waals surface area contributed by atoms with Crippen LogP contribution in [0.5, 0.6) is 5.75 Å². The molecule has 1 amide bonds. The van der Waals surface area contributed by atoms with Crippen molar-refractivity contribution in [2.75, 3.05) is 29.9 Å². The summed E-state index contributed by atoms with van der Waals surface area (Å²) in [7, 11) is 0. The van der Waals surface area contributed by atoms with Gasteiger partial charge in [-0.15, -0.1) is 0 Å². The quantitative estimate of drug-likeness (QED) is 0.788. The summed E-state index contributed by atoms with van der Waals surface area (Å²) in [5, 5.41) is 2.88. The van der Waals surface area contributed by atoms with Crippen molar-refractivity contribution in [1.82, 2.24) is 0 Å². The molecule has 1 saturated heterocycles. The zero-order chi connectivity index (χ0) is 17.8. The van der Waals surface area contributed by atoms with Crippen LogP contribution in [0.25, 0.3) is 0 Å². The molecule has 1 fully saturated rings. The third-order valence-corrected chi connectivity index (χ3v) is 5.65. The summed E-state index contributed by atoms with van der Waals surface area (Å²) in [4.78, 5) is 14.5. The van der Waals surface area contributed by atoms with E-state index in [0.717, 1.165) is 34.4 Å². The molecule has 0 aromatic heterocycles. The van der Waals surface area contributed by atoms with Gasteiger partial charge in [0.25, 0.3) is 5.91 Å². The fraction of sp³-hybridized carbons (Fsp3) is 0.350. The van der Waals surface area contributed by atoms with E-state index >= 15 is 0 Å². The Morgan fingerprint density at radius 1 is 1.12 bits per heavy atom. The SMILES string of the molecule is Cc1cc(OCC(=O)Nc2ccc(N3CCCC3)cc2)cc(C)c1Br. The molecule has 3 rings (SSSR count). The van der Waals surface area contributed by atoms with Gasteiger partial charge in [0.15, 0.2) is 6.61 Å². The molecule has 132 valence electrons. The molecule has 0 spiro atoms. The molecule has 2 aromatic rings. The summed E-state index contributed by atoms with van der Waals surface area (Å²) in [5.41, 5.74) is 4.19. The lowest BCUT2D eigenvalue weighted by atomic mass is 10.1. The molecule has 1 N–H and O–H groups in total. The Kier molecular flexibility index (Phi) is 5.63. The first-order valence-corrected chi connectivity index (χ1v) is 9.36. The van der Waals surface area contributed by atoms with Crippen molar-refractivity contribution in [3.05, 3.63) is 52.0 Å². The first-order chi connectivity index (χ1) is 12.0. The first kappa shape index (κ1) is 17.8. The van der Waals surface area contributed by atoms with Crippen LogP contribution in [0, 0.1) is 13.8 Å². The Morgan fingerprint density at radius 3 is 2.32 bits per heavy atom. The van der Waals surface area contributed by atoms with Crippen molar-refractivity contribution >= 4 is 33.2 Å². The summed E-state index contributed by atoms with van der Waals surface area (Å²) < 4.78 is 6.69. The number of rotatable bonds is 5. The van der Waals surface area contributed by atoms with E-state index < -0.39 is 0 Å². The van der Waals surface area contributed by atoms with Gasteiger partial charge in [0.05, 0.1) is 0 Å². The van der Waals surface area contributed by atoms with Gasteiger partial charge in [0.2, 0.25) is 0 Å². The molecule has 0 aliphatic carbocycles. The number of nitrogens with zero attached hydrogens (tertiary/aromatic N) is 1. The first-order valence-electron chi connectivity index (χ1n) is 8.57. The van der Waals surface area contributed by atoms with E-state index in [0.29, 0.717) is 5.75 Å². The number of aryl methyl sites for hydroxylation is 2. The number of carbonyl (C=O) groups excluding carboxylic acids is 1. The number of carbonyl (C=O) groups is 1. The maximum atomic E-state index is 12.1. The van der Waals surface area contributed by atoms with E-state index in [-0.39, 0.29) is 12.5 Å². The third-order valence-electron chi connectivity index (χ3n) is 4.40. The van der Waals surface area contributed by atoms with Crippen LogP contribution in [0.4, 0.5) is 11.4 Å². The van der Waals surface area contributed by atoms with E-state index in [1.54, 1.807) is 0 Å². The highest BCUT2D eigenvalue weighted by Crippen LogP contribution is 2.26. The van der Waals surface area contributed by atoms with Crippen LogP contribution >= 0.6 is 15.9 Å². The van der Waals surface area contributed by atoms with Crippen molar-refractivity contribution < 1.29 is 9.53 Å². The zero-order valence-electron chi connectivity index (χ0n) is 14.6. The summed E-state index contributed by atoms with van der Waals surface area (Å²) in [6.07, 6.45) is 2.51. The van der Waals surface area contributed by atoms with Crippen molar-refractivity contribution in [2.24, 2.45) is 0 Å². The Balaban J connectivity index is 1.54. The molecular formula is C20H23BrN2O2. The second kappa shape index (κ2) is 7.91. The third kappa shape index (κ3) is 4.54. The lowest BCUT2D eigenvalue weighted by Crippen LogP contribution is -2.20.